The molecule has 1 heterocycles. The van der Waals surface area contributed by atoms with Gasteiger partial charge in [-0.3, -0.25) is 10.1 Å². The highest BCUT2D eigenvalue weighted by atomic mass is 16.6. The van der Waals surface area contributed by atoms with E-state index in [-0.39, 0.29) is 5.69 Å². The molecule has 0 spiro atoms. The SMILES string of the molecule is CC(CNc1ncc([N+](=O)[O-])cn1)C1CC1. The van der Waals surface area contributed by atoms with E-state index in [9.17, 15) is 10.1 Å². The first-order valence-corrected chi connectivity index (χ1v) is 5.37. The highest BCUT2D eigenvalue weighted by Gasteiger charge is 2.27. The average Bonchev–Trinajstić information content (AvgIpc) is 3.10. The van der Waals surface area contributed by atoms with Gasteiger partial charge in [-0.1, -0.05) is 6.92 Å². The largest absolute Gasteiger partial charge is 0.354 e. The van der Waals surface area contributed by atoms with E-state index >= 15 is 0 Å². The van der Waals surface area contributed by atoms with E-state index in [1.165, 1.54) is 25.2 Å². The van der Waals surface area contributed by atoms with Gasteiger partial charge in [0.15, 0.2) is 0 Å². The van der Waals surface area contributed by atoms with Crippen LogP contribution in [0.25, 0.3) is 0 Å². The van der Waals surface area contributed by atoms with Crippen molar-refractivity contribution in [2.45, 2.75) is 19.8 Å². The average molecular weight is 222 g/mol. The van der Waals surface area contributed by atoms with Crippen LogP contribution in [0.1, 0.15) is 19.8 Å². The maximum atomic E-state index is 10.4. The number of nitrogens with zero attached hydrogens (tertiary/aromatic N) is 3. The van der Waals surface area contributed by atoms with Crippen molar-refractivity contribution in [1.29, 1.82) is 0 Å². The standard InChI is InChI=1S/C10H14N4O2/c1-7(8-2-3-8)4-11-10-12-5-9(6-13-10)14(15)16/h5-8H,2-4H2,1H3,(H,11,12,13). The predicted molar refractivity (Wildman–Crippen MR) is 59.1 cm³/mol. The Labute approximate surface area is 93.3 Å². The van der Waals surface area contributed by atoms with E-state index in [0.29, 0.717) is 11.9 Å². The van der Waals surface area contributed by atoms with Gasteiger partial charge < -0.3 is 5.32 Å². The molecule has 0 aliphatic heterocycles. The molecular formula is C10H14N4O2. The van der Waals surface area contributed by atoms with E-state index in [1.54, 1.807) is 0 Å². The van der Waals surface area contributed by atoms with Crippen LogP contribution in [0.4, 0.5) is 11.6 Å². The summed E-state index contributed by atoms with van der Waals surface area (Å²) >= 11 is 0. The predicted octanol–water partition coefficient (Wildman–Crippen LogP) is 1.84. The van der Waals surface area contributed by atoms with Gasteiger partial charge >= 0.3 is 5.69 Å². The molecule has 0 radical (unpaired) electrons. The van der Waals surface area contributed by atoms with Crippen molar-refractivity contribution in [3.05, 3.63) is 22.5 Å². The van der Waals surface area contributed by atoms with Gasteiger partial charge in [0.2, 0.25) is 5.95 Å². The number of hydrogen-bond acceptors (Lipinski definition) is 5. The summed E-state index contributed by atoms with van der Waals surface area (Å²) in [5, 5.41) is 13.5. The molecule has 0 saturated heterocycles. The van der Waals surface area contributed by atoms with Crippen molar-refractivity contribution in [2.24, 2.45) is 11.8 Å². The van der Waals surface area contributed by atoms with Gasteiger partial charge in [-0.05, 0) is 24.7 Å². The summed E-state index contributed by atoms with van der Waals surface area (Å²) in [6.07, 6.45) is 5.06. The second-order valence-corrected chi connectivity index (χ2v) is 4.22. The third-order valence-corrected chi connectivity index (χ3v) is 2.86. The Morgan fingerprint density at radius 1 is 1.56 bits per heavy atom. The van der Waals surface area contributed by atoms with Crippen molar-refractivity contribution in [1.82, 2.24) is 9.97 Å². The lowest BCUT2D eigenvalue weighted by atomic mass is 10.1. The highest BCUT2D eigenvalue weighted by molar-refractivity contribution is 5.30. The van der Waals surface area contributed by atoms with Crippen LogP contribution >= 0.6 is 0 Å². The lowest BCUT2D eigenvalue weighted by Crippen LogP contribution is -2.14. The Morgan fingerprint density at radius 3 is 2.69 bits per heavy atom. The highest BCUT2D eigenvalue weighted by Crippen LogP contribution is 2.36. The summed E-state index contributed by atoms with van der Waals surface area (Å²) in [4.78, 5) is 17.7. The number of hydrogen-bond donors (Lipinski definition) is 1. The van der Waals surface area contributed by atoms with Gasteiger partial charge in [0, 0.05) is 6.54 Å². The van der Waals surface area contributed by atoms with Crippen LogP contribution in [0.15, 0.2) is 12.4 Å². The lowest BCUT2D eigenvalue weighted by Gasteiger charge is -2.10. The van der Waals surface area contributed by atoms with Crippen molar-refractivity contribution in [3.63, 3.8) is 0 Å². The molecule has 1 fully saturated rings. The summed E-state index contributed by atoms with van der Waals surface area (Å²) < 4.78 is 0. The molecule has 1 aliphatic rings. The Morgan fingerprint density at radius 2 is 2.19 bits per heavy atom. The first-order chi connectivity index (χ1) is 7.66. The second-order valence-electron chi connectivity index (χ2n) is 4.22. The van der Waals surface area contributed by atoms with Crippen molar-refractivity contribution in [2.75, 3.05) is 11.9 Å². The molecule has 2 rings (SSSR count). The molecule has 86 valence electrons. The topological polar surface area (TPSA) is 81.0 Å². The number of nitrogens with one attached hydrogen (secondary N) is 1. The van der Waals surface area contributed by atoms with Gasteiger partial charge in [0.25, 0.3) is 0 Å². The molecule has 1 aromatic heterocycles. The molecule has 16 heavy (non-hydrogen) atoms. The summed E-state index contributed by atoms with van der Waals surface area (Å²) in [7, 11) is 0. The third kappa shape index (κ3) is 2.65. The van der Waals surface area contributed by atoms with E-state index in [1.807, 2.05) is 0 Å². The normalized spacial score (nSPS) is 16.8. The molecule has 1 atom stereocenters. The minimum absolute atomic E-state index is 0.0826. The van der Waals surface area contributed by atoms with E-state index in [0.717, 1.165) is 12.5 Å². The van der Waals surface area contributed by atoms with E-state index in [2.05, 4.69) is 22.2 Å². The monoisotopic (exact) mass is 222 g/mol. The molecule has 6 heteroatoms. The Hall–Kier alpha value is -1.72. The molecule has 0 aromatic carbocycles. The van der Waals surface area contributed by atoms with Crippen LogP contribution in [0.3, 0.4) is 0 Å². The van der Waals surface area contributed by atoms with Gasteiger partial charge in [0.05, 0.1) is 4.92 Å². The third-order valence-electron chi connectivity index (χ3n) is 2.86. The first kappa shape index (κ1) is 10.8. The van der Waals surface area contributed by atoms with Crippen LogP contribution in [0, 0.1) is 22.0 Å². The molecule has 1 saturated carbocycles. The fourth-order valence-electron chi connectivity index (χ4n) is 1.59. The zero-order valence-corrected chi connectivity index (χ0v) is 9.09. The maximum absolute atomic E-state index is 10.4. The van der Waals surface area contributed by atoms with Crippen molar-refractivity contribution in [3.8, 4) is 0 Å². The minimum atomic E-state index is -0.503. The molecule has 6 nitrogen and oxygen atoms in total. The number of rotatable bonds is 5. The Kier molecular flexibility index (Phi) is 2.98. The van der Waals surface area contributed by atoms with Crippen LogP contribution in [-0.2, 0) is 0 Å². The lowest BCUT2D eigenvalue weighted by molar-refractivity contribution is -0.385. The molecule has 1 aliphatic carbocycles. The van der Waals surface area contributed by atoms with Crippen LogP contribution < -0.4 is 5.32 Å². The summed E-state index contributed by atoms with van der Waals surface area (Å²) in [6.45, 7) is 3.01. The Balaban J connectivity index is 1.86. The van der Waals surface area contributed by atoms with Crippen molar-refractivity contribution >= 4 is 11.6 Å². The zero-order chi connectivity index (χ0) is 11.5. The number of aromatic nitrogens is 2. The van der Waals surface area contributed by atoms with Crippen molar-refractivity contribution < 1.29 is 4.92 Å². The summed E-state index contributed by atoms with van der Waals surface area (Å²) in [6, 6.07) is 0. The molecular weight excluding hydrogens is 208 g/mol. The molecule has 1 unspecified atom stereocenters. The maximum Gasteiger partial charge on any atom is 0.305 e. The number of nitro groups is 1. The van der Waals surface area contributed by atoms with Crippen LogP contribution in [0.5, 0.6) is 0 Å². The van der Waals surface area contributed by atoms with Crippen LogP contribution in [0.2, 0.25) is 0 Å². The summed E-state index contributed by atoms with van der Waals surface area (Å²) in [5.74, 6) is 1.89. The first-order valence-electron chi connectivity index (χ1n) is 5.37. The molecule has 1 aromatic rings. The smallest absolute Gasteiger partial charge is 0.305 e. The van der Waals surface area contributed by atoms with Gasteiger partial charge in [0.1, 0.15) is 12.4 Å². The van der Waals surface area contributed by atoms with Gasteiger partial charge in [-0.15, -0.1) is 0 Å². The second kappa shape index (κ2) is 4.42. The molecule has 0 bridgehead atoms. The van der Waals surface area contributed by atoms with Gasteiger partial charge in [-0.2, -0.15) is 0 Å². The van der Waals surface area contributed by atoms with E-state index < -0.39 is 4.92 Å². The van der Waals surface area contributed by atoms with Gasteiger partial charge in [-0.25, -0.2) is 9.97 Å². The number of anilines is 1. The zero-order valence-electron chi connectivity index (χ0n) is 9.09. The van der Waals surface area contributed by atoms with Crippen LogP contribution in [-0.4, -0.2) is 21.4 Å². The fraction of sp³-hybridized carbons (Fsp3) is 0.600. The minimum Gasteiger partial charge on any atom is -0.354 e. The Bertz CT molecular complexity index is 375. The molecule has 1 N–H and O–H groups in total. The fourth-order valence-corrected chi connectivity index (χ4v) is 1.59. The molecule has 0 amide bonds. The van der Waals surface area contributed by atoms with E-state index in [4.69, 9.17) is 0 Å². The summed E-state index contributed by atoms with van der Waals surface area (Å²) in [5.41, 5.74) is -0.0826. The quantitative estimate of drug-likeness (QED) is 0.607.